The first-order chi connectivity index (χ1) is 19.5. The molecule has 1 fully saturated rings. The average Bonchev–Trinajstić information content (AvgIpc) is 3.41. The summed E-state index contributed by atoms with van der Waals surface area (Å²) in [7, 11) is 1.88. The van der Waals surface area contributed by atoms with E-state index < -0.39 is 0 Å². The van der Waals surface area contributed by atoms with Gasteiger partial charge in [-0.05, 0) is 80.2 Å². The van der Waals surface area contributed by atoms with Gasteiger partial charge in [-0.25, -0.2) is 14.4 Å². The molecule has 0 unspecified atom stereocenters. The SMILES string of the molecule is CSC.C[C@H](Oc1cc(-c2cnn(C)c2)cc2ncnc(Nc3ccc4ncccc4c3F)c12)C1CCOCC1. The van der Waals surface area contributed by atoms with E-state index in [1.807, 2.05) is 44.1 Å². The van der Waals surface area contributed by atoms with Gasteiger partial charge in [0.05, 0.1) is 34.4 Å². The fourth-order valence-corrected chi connectivity index (χ4v) is 4.90. The Morgan fingerprint density at radius 1 is 1.07 bits per heavy atom. The molecule has 0 spiro atoms. The second-order valence-corrected chi connectivity index (χ2v) is 10.6. The molecule has 2 aromatic carbocycles. The predicted molar refractivity (Wildman–Crippen MR) is 160 cm³/mol. The van der Waals surface area contributed by atoms with Crippen LogP contribution >= 0.6 is 11.8 Å². The second kappa shape index (κ2) is 12.6. The van der Waals surface area contributed by atoms with Crippen molar-refractivity contribution in [1.29, 1.82) is 0 Å². The monoisotopic (exact) mass is 560 g/mol. The van der Waals surface area contributed by atoms with Crippen LogP contribution in [0, 0.1) is 11.7 Å². The topological polar surface area (TPSA) is 87.0 Å². The standard InChI is InChI=1S/C28H27FN6O2.C2H6S/c1-17(18-7-10-36-11-8-18)37-25-13-19(20-14-33-35(2)15-20)12-24-26(25)28(32-16-31-24)34-23-6-5-22-21(27(23)29)4-3-9-30-22;1-3-2/h3-6,9,12-18H,7-8,10-11H2,1-2H3,(H,31,32,34);1-2H3/t17-;/m0./s1. The van der Waals surface area contributed by atoms with E-state index in [2.05, 4.69) is 32.3 Å². The van der Waals surface area contributed by atoms with Crippen molar-refractivity contribution < 1.29 is 13.9 Å². The van der Waals surface area contributed by atoms with E-state index in [0.29, 0.717) is 45.0 Å². The van der Waals surface area contributed by atoms with E-state index in [1.165, 1.54) is 6.33 Å². The van der Waals surface area contributed by atoms with Crippen LogP contribution in [0.2, 0.25) is 0 Å². The van der Waals surface area contributed by atoms with E-state index >= 15 is 4.39 Å². The number of anilines is 2. The van der Waals surface area contributed by atoms with Gasteiger partial charge in [0.1, 0.15) is 17.9 Å². The molecule has 5 aromatic rings. The maximum absolute atomic E-state index is 15.4. The molecule has 1 aliphatic heterocycles. The van der Waals surface area contributed by atoms with Gasteiger partial charge in [-0.15, -0.1) is 0 Å². The molecule has 0 bridgehead atoms. The molecule has 0 amide bonds. The summed E-state index contributed by atoms with van der Waals surface area (Å²) in [5.74, 6) is 1.10. The largest absolute Gasteiger partial charge is 0.490 e. The summed E-state index contributed by atoms with van der Waals surface area (Å²) in [6.07, 6.45) is 12.8. The van der Waals surface area contributed by atoms with E-state index in [-0.39, 0.29) is 11.9 Å². The summed E-state index contributed by atoms with van der Waals surface area (Å²) in [4.78, 5) is 13.3. The van der Waals surface area contributed by atoms with E-state index in [0.717, 1.165) is 37.2 Å². The Bertz CT molecular complexity index is 1600. The Balaban J connectivity index is 0.00000103. The van der Waals surface area contributed by atoms with E-state index in [1.54, 1.807) is 46.9 Å². The van der Waals surface area contributed by atoms with Crippen LogP contribution in [0.5, 0.6) is 5.75 Å². The normalized spacial score (nSPS) is 14.5. The molecule has 208 valence electrons. The molecule has 1 saturated heterocycles. The fraction of sp³-hybridized carbons (Fsp3) is 0.333. The molecule has 40 heavy (non-hydrogen) atoms. The molecule has 1 N–H and O–H groups in total. The zero-order chi connectivity index (χ0) is 28.1. The van der Waals surface area contributed by atoms with Gasteiger partial charge in [-0.3, -0.25) is 9.67 Å². The summed E-state index contributed by atoms with van der Waals surface area (Å²) >= 11 is 1.75. The number of hydrogen-bond acceptors (Lipinski definition) is 8. The van der Waals surface area contributed by atoms with Crippen molar-refractivity contribution in [2.75, 3.05) is 31.0 Å². The molecule has 1 atom stereocenters. The Kier molecular flexibility index (Phi) is 8.76. The van der Waals surface area contributed by atoms with Crippen molar-refractivity contribution in [1.82, 2.24) is 24.7 Å². The number of nitrogens with one attached hydrogen (secondary N) is 1. The summed E-state index contributed by atoms with van der Waals surface area (Å²) in [5, 5.41) is 8.64. The third kappa shape index (κ3) is 6.03. The Morgan fingerprint density at radius 3 is 2.62 bits per heavy atom. The Morgan fingerprint density at radius 2 is 1.88 bits per heavy atom. The molecule has 10 heteroatoms. The Labute approximate surface area is 237 Å². The van der Waals surface area contributed by atoms with E-state index in [9.17, 15) is 0 Å². The molecular formula is C30H33FN6O2S. The number of halogens is 1. The van der Waals surface area contributed by atoms with Gasteiger partial charge in [0.2, 0.25) is 0 Å². The van der Waals surface area contributed by atoms with Crippen LogP contribution in [0.15, 0.2) is 61.3 Å². The van der Waals surface area contributed by atoms with Crippen molar-refractivity contribution in [3.63, 3.8) is 0 Å². The number of aryl methyl sites for hydroxylation is 1. The van der Waals surface area contributed by atoms with Crippen LogP contribution in [0.1, 0.15) is 19.8 Å². The van der Waals surface area contributed by atoms with Crippen molar-refractivity contribution in [3.8, 4) is 16.9 Å². The molecule has 4 heterocycles. The van der Waals surface area contributed by atoms with Crippen LogP contribution in [-0.2, 0) is 11.8 Å². The number of ether oxygens (including phenoxy) is 2. The highest BCUT2D eigenvalue weighted by molar-refractivity contribution is 7.97. The highest BCUT2D eigenvalue weighted by Gasteiger charge is 2.24. The fourth-order valence-electron chi connectivity index (χ4n) is 4.90. The van der Waals surface area contributed by atoms with Gasteiger partial charge < -0.3 is 14.8 Å². The van der Waals surface area contributed by atoms with Crippen LogP contribution in [0.4, 0.5) is 15.9 Å². The number of pyridine rings is 1. The number of nitrogens with zero attached hydrogens (tertiary/aromatic N) is 5. The van der Waals surface area contributed by atoms with Gasteiger partial charge in [0.15, 0.2) is 5.82 Å². The van der Waals surface area contributed by atoms with E-state index in [4.69, 9.17) is 9.47 Å². The molecule has 0 aliphatic carbocycles. The molecule has 0 radical (unpaired) electrons. The lowest BCUT2D eigenvalue weighted by atomic mass is 9.95. The van der Waals surface area contributed by atoms with Crippen LogP contribution in [0.25, 0.3) is 32.9 Å². The number of aromatic nitrogens is 5. The molecule has 8 nitrogen and oxygen atoms in total. The highest BCUT2D eigenvalue weighted by atomic mass is 32.2. The van der Waals surface area contributed by atoms with Crippen LogP contribution in [-0.4, -0.2) is 56.6 Å². The molecular weight excluding hydrogens is 527 g/mol. The molecule has 1 aliphatic rings. The lowest BCUT2D eigenvalue weighted by Gasteiger charge is -2.29. The predicted octanol–water partition coefficient (Wildman–Crippen LogP) is 6.63. The summed E-state index contributed by atoms with van der Waals surface area (Å²) < 4.78 is 29.3. The van der Waals surface area contributed by atoms with Crippen molar-refractivity contribution in [3.05, 3.63) is 67.1 Å². The van der Waals surface area contributed by atoms with Crippen LogP contribution in [0.3, 0.4) is 0 Å². The number of hydrogen-bond donors (Lipinski definition) is 1. The third-order valence-corrected chi connectivity index (χ3v) is 6.96. The van der Waals surface area contributed by atoms with Gasteiger partial charge in [0, 0.05) is 43.6 Å². The smallest absolute Gasteiger partial charge is 0.156 e. The first-order valence-electron chi connectivity index (χ1n) is 13.2. The van der Waals surface area contributed by atoms with Crippen LogP contribution < -0.4 is 10.1 Å². The number of benzene rings is 2. The average molecular weight is 561 g/mol. The highest BCUT2D eigenvalue weighted by Crippen LogP contribution is 2.38. The minimum absolute atomic E-state index is 0.0483. The Hall–Kier alpha value is -3.76. The summed E-state index contributed by atoms with van der Waals surface area (Å²) in [6, 6.07) is 10.9. The maximum Gasteiger partial charge on any atom is 0.156 e. The minimum Gasteiger partial charge on any atom is -0.490 e. The van der Waals surface area contributed by atoms with Crippen molar-refractivity contribution in [2.45, 2.75) is 25.9 Å². The van der Waals surface area contributed by atoms with Gasteiger partial charge in [-0.2, -0.15) is 16.9 Å². The summed E-state index contributed by atoms with van der Waals surface area (Å²) in [6.45, 7) is 3.56. The lowest BCUT2D eigenvalue weighted by Crippen LogP contribution is -2.29. The van der Waals surface area contributed by atoms with Gasteiger partial charge in [-0.1, -0.05) is 0 Å². The molecule has 0 saturated carbocycles. The quantitative estimate of drug-likeness (QED) is 0.248. The zero-order valence-electron chi connectivity index (χ0n) is 23.1. The van der Waals surface area contributed by atoms with Crippen molar-refractivity contribution >= 4 is 45.1 Å². The summed E-state index contributed by atoms with van der Waals surface area (Å²) in [5.41, 5.74) is 3.47. The number of rotatable bonds is 6. The maximum atomic E-state index is 15.4. The number of thioether (sulfide) groups is 1. The van der Waals surface area contributed by atoms with Gasteiger partial charge in [0.25, 0.3) is 0 Å². The minimum atomic E-state index is -0.387. The first-order valence-corrected chi connectivity index (χ1v) is 14.8. The molecule has 6 rings (SSSR count). The zero-order valence-corrected chi connectivity index (χ0v) is 23.9. The first kappa shape index (κ1) is 27.8. The van der Waals surface area contributed by atoms with Crippen molar-refractivity contribution in [2.24, 2.45) is 13.0 Å². The third-order valence-electron chi connectivity index (χ3n) is 6.96. The second-order valence-electron chi connectivity index (χ2n) is 9.80. The lowest BCUT2D eigenvalue weighted by molar-refractivity contribution is 0.0244. The molecule has 3 aromatic heterocycles. The van der Waals surface area contributed by atoms with Gasteiger partial charge >= 0.3 is 0 Å². The number of fused-ring (bicyclic) bond motifs is 2.